The normalized spacial score (nSPS) is 19.7. The van der Waals surface area contributed by atoms with Crippen LogP contribution < -0.4 is 41.3 Å². The van der Waals surface area contributed by atoms with E-state index in [-0.39, 0.29) is 117 Å². The zero-order chi connectivity index (χ0) is 55.8. The Morgan fingerprint density at radius 3 is 1.68 bits per heavy atom. The number of pyridine rings is 4. The summed E-state index contributed by atoms with van der Waals surface area (Å²) in [4.78, 5) is 62.5. The first-order valence-corrected chi connectivity index (χ1v) is 27.6. The minimum Gasteiger partial charge on any atom is -0.493 e. The van der Waals surface area contributed by atoms with Crippen LogP contribution in [0.2, 0.25) is 0 Å². The molecule has 4 aliphatic rings. The van der Waals surface area contributed by atoms with E-state index in [2.05, 4.69) is 15.6 Å². The number of hydrogen-bond acceptors (Lipinski definition) is 14. The van der Waals surface area contributed by atoms with Crippen LogP contribution >= 0.6 is 0 Å². The molecule has 20 heteroatoms. The van der Waals surface area contributed by atoms with Crippen LogP contribution in [0.5, 0.6) is 11.5 Å². The third-order valence-electron chi connectivity index (χ3n) is 16.0. The van der Waals surface area contributed by atoms with Crippen molar-refractivity contribution in [3.63, 3.8) is 0 Å². The van der Waals surface area contributed by atoms with Gasteiger partial charge in [-0.15, -0.1) is 0 Å². The van der Waals surface area contributed by atoms with E-state index in [9.17, 15) is 4.79 Å². The summed E-state index contributed by atoms with van der Waals surface area (Å²) < 4.78 is 83.0. The number of nitrogens with one attached hydrogen (secondary N) is 2. The maximum Gasteiger partial charge on any atom is 0.355 e. The third-order valence-corrected chi connectivity index (χ3v) is 16.0. The van der Waals surface area contributed by atoms with E-state index in [1.807, 2.05) is 70.4 Å². The molecule has 6 aromatic heterocycles. The first-order chi connectivity index (χ1) is 38.5. The van der Waals surface area contributed by atoms with E-state index in [4.69, 9.17) is 34.4 Å². The average molecular weight is 1090 g/mol. The smallest absolute Gasteiger partial charge is 0.355 e. The molecule has 4 aliphatic heterocycles. The number of aryl methyl sites for hydroxylation is 2. The fraction of sp³-hybridized carbons (Fsp3) is 0.400. The molecule has 2 aromatic carbocycles. The summed E-state index contributed by atoms with van der Waals surface area (Å²) >= 11 is 0. The Morgan fingerprint density at radius 1 is 0.613 bits per heavy atom. The molecule has 0 radical (unpaired) electrons. The molecule has 12 rings (SSSR count). The molecule has 414 valence electrons. The van der Waals surface area contributed by atoms with E-state index >= 15 is 22.4 Å². The summed E-state index contributed by atoms with van der Waals surface area (Å²) in [6, 6.07) is 13.3. The molecule has 16 nitrogen and oxygen atoms in total. The molecule has 0 amide bonds. The van der Waals surface area contributed by atoms with Crippen molar-refractivity contribution in [1.29, 1.82) is 0 Å². The van der Waals surface area contributed by atoms with Gasteiger partial charge in [-0.25, -0.2) is 46.3 Å². The Bertz CT molecular complexity index is 3910. The first kappa shape index (κ1) is 52.8. The highest BCUT2D eigenvalue weighted by atomic mass is 19.1. The summed E-state index contributed by atoms with van der Waals surface area (Å²) in [6.45, 7) is 16.3. The van der Waals surface area contributed by atoms with Crippen molar-refractivity contribution in [2.75, 3.05) is 49.2 Å². The van der Waals surface area contributed by atoms with Crippen LogP contribution in [-0.4, -0.2) is 103 Å². The number of anilines is 2. The molecule has 2 saturated heterocycles. The van der Waals surface area contributed by atoms with E-state index in [0.29, 0.717) is 85.8 Å². The first-order valence-electron chi connectivity index (χ1n) is 27.6. The number of piperazine rings is 2. The SMILES string of the molecule is CC(C)c1nccc2c1-n1c(=O)nc(N3C[C@@H](C)NC[C@@H]3C)c3cc(F)c(nc31)-c1c(F)cc(CC(C)c3nccc4c3-n3c(=O)nc(N5C[C@@H](C)NC[C@@H]5C)c5cc(F)c(nc53)-c3c(F)cccc3OCCC4)cc1OCCC2. The zero-order valence-corrected chi connectivity index (χ0v) is 45.7. The molecule has 10 heterocycles. The van der Waals surface area contributed by atoms with Crippen molar-refractivity contribution >= 4 is 33.7 Å². The van der Waals surface area contributed by atoms with Crippen molar-refractivity contribution in [3.8, 4) is 45.4 Å². The van der Waals surface area contributed by atoms with Gasteiger partial charge in [0.05, 0.1) is 57.9 Å². The average Bonchev–Trinajstić information content (AvgIpc) is 3.46. The quantitative estimate of drug-likeness (QED) is 0.151. The second kappa shape index (κ2) is 21.0. The van der Waals surface area contributed by atoms with Crippen LogP contribution in [0.4, 0.5) is 29.2 Å². The standard InChI is InChI=1S/C60H62F4N12O4/c1-30(2)49-53-37(15-17-65-49)11-10-20-80-46-23-36(22-42(62)48(46)52-44(64)25-39-55(71-59(77)75(53)57(39)70-52)73-28-32(4)67-26-34(73)6)21-31(3)50-54-38(16-18-66-50)12-9-19-79-45-14-8-13-41(61)47(45)51-43(63)24-40-56(72-60(78)76(54)58(40)69-51)74-29-33(5)68-27-35(74)7/h8,13-18,22-25,30-35,67-68H,9-12,19-21,26-29H2,1-7H3/t31?,32-,33-,34+,35+/m1/s1. The van der Waals surface area contributed by atoms with E-state index < -0.39 is 40.6 Å². The lowest BCUT2D eigenvalue weighted by atomic mass is 9.92. The number of nitrogens with zero attached hydrogens (tertiary/aromatic N) is 10. The Labute approximate surface area is 459 Å². The van der Waals surface area contributed by atoms with Gasteiger partial charge in [0.2, 0.25) is 0 Å². The summed E-state index contributed by atoms with van der Waals surface area (Å²) in [6.07, 6.45) is 5.18. The van der Waals surface area contributed by atoms with Crippen molar-refractivity contribution in [2.45, 2.75) is 117 Å². The lowest BCUT2D eigenvalue weighted by molar-refractivity contribution is 0.310. The number of ether oxygens (including phenoxy) is 2. The Kier molecular flexibility index (Phi) is 13.9. The number of aromatic nitrogens is 8. The molecule has 0 aliphatic carbocycles. The maximum atomic E-state index is 17.5. The number of fused-ring (bicyclic) bond motifs is 10. The van der Waals surface area contributed by atoms with E-state index in [0.717, 1.165) is 5.56 Å². The predicted octanol–water partition coefficient (Wildman–Crippen LogP) is 9.05. The second-order valence-electron chi connectivity index (χ2n) is 22.2. The van der Waals surface area contributed by atoms with Crippen LogP contribution in [-0.2, 0) is 19.3 Å². The molecular weight excluding hydrogens is 1030 g/mol. The summed E-state index contributed by atoms with van der Waals surface area (Å²) in [5, 5.41) is 7.43. The maximum absolute atomic E-state index is 17.5. The lowest BCUT2D eigenvalue weighted by Crippen LogP contribution is -2.55. The molecule has 1 unspecified atom stereocenters. The molecule has 80 heavy (non-hydrogen) atoms. The number of hydrogen-bond donors (Lipinski definition) is 2. The van der Waals surface area contributed by atoms with Gasteiger partial charge in [0.1, 0.15) is 46.2 Å². The molecule has 2 N–H and O–H groups in total. The molecule has 2 fully saturated rings. The largest absolute Gasteiger partial charge is 0.493 e. The Balaban J connectivity index is 1.01. The highest BCUT2D eigenvalue weighted by Gasteiger charge is 2.34. The van der Waals surface area contributed by atoms with Crippen molar-refractivity contribution in [1.82, 2.24) is 49.7 Å². The summed E-state index contributed by atoms with van der Waals surface area (Å²) in [7, 11) is 0. The van der Waals surface area contributed by atoms with Crippen LogP contribution in [0.25, 0.3) is 56.0 Å². The number of rotatable bonds is 6. The van der Waals surface area contributed by atoms with E-state index in [1.54, 1.807) is 24.5 Å². The van der Waals surface area contributed by atoms with Crippen LogP contribution in [0, 0.1) is 23.3 Å². The molecular formula is C60H62F4N12O4. The molecule has 0 saturated carbocycles. The van der Waals surface area contributed by atoms with Crippen LogP contribution in [0.15, 0.2) is 76.6 Å². The third kappa shape index (κ3) is 9.28. The number of benzene rings is 2. The highest BCUT2D eigenvalue weighted by molar-refractivity contribution is 5.92. The predicted molar refractivity (Wildman–Crippen MR) is 299 cm³/mol. The van der Waals surface area contributed by atoms with Gasteiger partial charge in [-0.05, 0) is 131 Å². The minimum atomic E-state index is -0.837. The molecule has 8 aromatic rings. The zero-order valence-electron chi connectivity index (χ0n) is 45.7. The topological polar surface area (TPSA) is 170 Å². The van der Waals surface area contributed by atoms with Gasteiger partial charge in [0.25, 0.3) is 0 Å². The van der Waals surface area contributed by atoms with Gasteiger partial charge in [-0.2, -0.15) is 9.97 Å². The van der Waals surface area contributed by atoms with Crippen LogP contribution in [0.3, 0.4) is 0 Å². The fourth-order valence-corrected chi connectivity index (χ4v) is 12.1. The highest BCUT2D eigenvalue weighted by Crippen LogP contribution is 2.42. The second-order valence-corrected chi connectivity index (χ2v) is 22.2. The van der Waals surface area contributed by atoms with Gasteiger partial charge in [0.15, 0.2) is 22.9 Å². The van der Waals surface area contributed by atoms with Gasteiger partial charge in [-0.1, -0.05) is 26.8 Å². The molecule has 5 atom stereocenters. The Hall–Kier alpha value is -7.84. The van der Waals surface area contributed by atoms with Gasteiger partial charge in [0, 0.05) is 68.7 Å². The monoisotopic (exact) mass is 1090 g/mol. The molecule has 0 spiro atoms. The number of halogens is 4. The van der Waals surface area contributed by atoms with Gasteiger partial charge in [-0.3, -0.25) is 9.97 Å². The van der Waals surface area contributed by atoms with Crippen LogP contribution in [0.1, 0.15) is 101 Å². The fourth-order valence-electron chi connectivity index (χ4n) is 12.1. The van der Waals surface area contributed by atoms with Gasteiger partial charge < -0.3 is 29.9 Å². The lowest BCUT2D eigenvalue weighted by Gasteiger charge is -2.38. The summed E-state index contributed by atoms with van der Waals surface area (Å²) in [5.74, 6) is -3.22. The van der Waals surface area contributed by atoms with Gasteiger partial charge >= 0.3 is 11.4 Å². The summed E-state index contributed by atoms with van der Waals surface area (Å²) in [5.41, 5.74) is 1.65. The Morgan fingerprint density at radius 2 is 1.12 bits per heavy atom. The molecule has 4 bridgehead atoms. The minimum absolute atomic E-state index is 0.0166. The van der Waals surface area contributed by atoms with E-state index in [1.165, 1.54) is 39.5 Å². The van der Waals surface area contributed by atoms with Crippen molar-refractivity contribution in [3.05, 3.63) is 139 Å². The van der Waals surface area contributed by atoms with Crippen molar-refractivity contribution in [2.24, 2.45) is 0 Å². The van der Waals surface area contributed by atoms with Crippen molar-refractivity contribution < 1.29 is 27.0 Å².